The van der Waals surface area contributed by atoms with E-state index < -0.39 is 6.09 Å². The number of hydrogen-bond acceptors (Lipinski definition) is 5. The summed E-state index contributed by atoms with van der Waals surface area (Å²) < 4.78 is 6.07. The van der Waals surface area contributed by atoms with Gasteiger partial charge in [0.2, 0.25) is 0 Å². The van der Waals surface area contributed by atoms with Crippen molar-refractivity contribution in [3.05, 3.63) is 96.9 Å². The van der Waals surface area contributed by atoms with Crippen molar-refractivity contribution in [2.75, 3.05) is 5.32 Å². The topological polar surface area (TPSA) is 76.7 Å². The lowest BCUT2D eigenvalue weighted by molar-refractivity contribution is 0.167. The zero-order chi connectivity index (χ0) is 21.3. The first-order valence-electron chi connectivity index (χ1n) is 9.95. The van der Waals surface area contributed by atoms with Crippen LogP contribution in [0.3, 0.4) is 0 Å². The number of hydrogen-bond donors (Lipinski definition) is 1. The fourth-order valence-electron chi connectivity index (χ4n) is 3.04. The largest absolute Gasteiger partial charge is 0.440 e. The Balaban J connectivity index is 1.39. The molecule has 0 saturated carbocycles. The number of anilines is 1. The van der Waals surface area contributed by atoms with Crippen molar-refractivity contribution in [1.82, 2.24) is 4.98 Å². The van der Waals surface area contributed by atoms with Gasteiger partial charge in [-0.25, -0.2) is 9.78 Å². The maximum absolute atomic E-state index is 11.7. The third-order valence-corrected chi connectivity index (χ3v) is 4.47. The minimum Gasteiger partial charge on any atom is -0.440 e. The summed E-state index contributed by atoms with van der Waals surface area (Å²) in [7, 11) is 0. The standard InChI is InChI=1S/C25H21N3O3/c29-25(27-21-15-8-3-9-16-21)31-26-18-10-17-22-28-23(19-11-4-1-5-12-19)24(30-22)20-13-6-2-7-14-20/h1-9,11-16,18H,10,17H2,(H,27,29)/b26-18+. The first-order valence-corrected chi connectivity index (χ1v) is 9.95. The van der Waals surface area contributed by atoms with Gasteiger partial charge in [0.25, 0.3) is 0 Å². The number of para-hydroxylation sites is 1. The lowest BCUT2D eigenvalue weighted by Gasteiger charge is -2.01. The van der Waals surface area contributed by atoms with Gasteiger partial charge < -0.3 is 4.42 Å². The van der Waals surface area contributed by atoms with Gasteiger partial charge in [-0.2, -0.15) is 0 Å². The molecule has 0 bridgehead atoms. The number of aromatic nitrogens is 1. The average Bonchev–Trinajstić information content (AvgIpc) is 3.25. The highest BCUT2D eigenvalue weighted by Gasteiger charge is 2.16. The predicted octanol–water partition coefficient (Wildman–Crippen LogP) is 6.18. The molecule has 6 heteroatoms. The normalized spacial score (nSPS) is 10.8. The van der Waals surface area contributed by atoms with Gasteiger partial charge in [0.05, 0.1) is 0 Å². The van der Waals surface area contributed by atoms with Gasteiger partial charge in [0, 0.05) is 29.4 Å². The number of carbonyl (C=O) groups is 1. The number of rotatable bonds is 7. The van der Waals surface area contributed by atoms with Crippen LogP contribution in [0.2, 0.25) is 0 Å². The van der Waals surface area contributed by atoms with Crippen LogP contribution in [-0.4, -0.2) is 17.3 Å². The zero-order valence-electron chi connectivity index (χ0n) is 16.8. The molecule has 31 heavy (non-hydrogen) atoms. The molecule has 3 aromatic carbocycles. The molecule has 6 nitrogen and oxygen atoms in total. The van der Waals surface area contributed by atoms with E-state index in [-0.39, 0.29) is 0 Å². The number of nitrogens with one attached hydrogen (secondary N) is 1. The summed E-state index contributed by atoms with van der Waals surface area (Å²) in [6.45, 7) is 0. The van der Waals surface area contributed by atoms with Crippen LogP contribution in [-0.2, 0) is 11.3 Å². The Hall–Kier alpha value is -4.19. The predicted molar refractivity (Wildman–Crippen MR) is 121 cm³/mol. The van der Waals surface area contributed by atoms with Crippen LogP contribution in [0.5, 0.6) is 0 Å². The van der Waals surface area contributed by atoms with E-state index >= 15 is 0 Å². The number of carbonyl (C=O) groups excluding carboxylic acids is 1. The molecule has 1 heterocycles. The van der Waals surface area contributed by atoms with E-state index in [1.807, 2.05) is 78.9 Å². The Bertz CT molecular complexity index is 1080. The van der Waals surface area contributed by atoms with Gasteiger partial charge in [0.1, 0.15) is 5.69 Å². The Morgan fingerprint density at radius 2 is 1.52 bits per heavy atom. The lowest BCUT2D eigenvalue weighted by Crippen LogP contribution is -2.10. The van der Waals surface area contributed by atoms with Crippen LogP contribution in [0, 0.1) is 0 Å². The van der Waals surface area contributed by atoms with Crippen molar-refractivity contribution in [3.8, 4) is 22.6 Å². The van der Waals surface area contributed by atoms with Gasteiger partial charge in [-0.3, -0.25) is 10.2 Å². The monoisotopic (exact) mass is 411 g/mol. The molecule has 0 atom stereocenters. The maximum Gasteiger partial charge on any atom is 0.437 e. The molecule has 0 spiro atoms. The fraction of sp³-hybridized carbons (Fsp3) is 0.0800. The van der Waals surface area contributed by atoms with Crippen LogP contribution >= 0.6 is 0 Å². The van der Waals surface area contributed by atoms with Crippen LogP contribution in [0.4, 0.5) is 10.5 Å². The van der Waals surface area contributed by atoms with Crippen molar-refractivity contribution in [2.24, 2.45) is 5.16 Å². The number of nitrogens with zero attached hydrogens (tertiary/aromatic N) is 2. The van der Waals surface area contributed by atoms with Crippen molar-refractivity contribution in [3.63, 3.8) is 0 Å². The third kappa shape index (κ3) is 5.45. The summed E-state index contributed by atoms with van der Waals surface area (Å²) in [6, 6.07) is 28.9. The zero-order valence-corrected chi connectivity index (χ0v) is 16.8. The molecule has 154 valence electrons. The van der Waals surface area contributed by atoms with Crippen LogP contribution in [0.1, 0.15) is 12.3 Å². The summed E-state index contributed by atoms with van der Waals surface area (Å²) in [6.07, 6.45) is 1.93. The number of aryl methyl sites for hydroxylation is 1. The first kappa shape index (κ1) is 20.1. The second-order valence-corrected chi connectivity index (χ2v) is 6.71. The molecule has 1 N–H and O–H groups in total. The van der Waals surface area contributed by atoms with Crippen molar-refractivity contribution in [1.29, 1.82) is 0 Å². The summed E-state index contributed by atoms with van der Waals surface area (Å²) in [5, 5.41) is 6.31. The van der Waals surface area contributed by atoms with Crippen LogP contribution < -0.4 is 5.32 Å². The SMILES string of the molecule is O=C(Nc1ccccc1)O/N=C/CCc1nc(-c2ccccc2)c(-c2ccccc2)o1. The number of oxime groups is 1. The van der Waals surface area contributed by atoms with Gasteiger partial charge in [-0.15, -0.1) is 0 Å². The van der Waals surface area contributed by atoms with Crippen LogP contribution in [0.15, 0.2) is 101 Å². The minimum absolute atomic E-state index is 0.515. The Kier molecular flexibility index (Phi) is 6.50. The van der Waals surface area contributed by atoms with E-state index in [0.29, 0.717) is 24.4 Å². The molecular weight excluding hydrogens is 390 g/mol. The summed E-state index contributed by atoms with van der Waals surface area (Å²) in [4.78, 5) is 21.2. The van der Waals surface area contributed by atoms with Gasteiger partial charge in [-0.1, -0.05) is 84.0 Å². The first-order chi connectivity index (χ1) is 15.3. The van der Waals surface area contributed by atoms with E-state index in [2.05, 4.69) is 10.5 Å². The van der Waals surface area contributed by atoms with E-state index in [4.69, 9.17) is 14.2 Å². The summed E-state index contributed by atoms with van der Waals surface area (Å²) in [5.41, 5.74) is 3.40. The van der Waals surface area contributed by atoms with Gasteiger partial charge in [0.15, 0.2) is 11.7 Å². The number of amides is 1. The molecule has 0 aliphatic heterocycles. The average molecular weight is 411 g/mol. The molecule has 0 saturated heterocycles. The smallest absolute Gasteiger partial charge is 0.437 e. The van der Waals surface area contributed by atoms with E-state index in [1.165, 1.54) is 6.21 Å². The minimum atomic E-state index is -0.642. The quantitative estimate of drug-likeness (QED) is 0.224. The second kappa shape index (κ2) is 10.0. The molecule has 4 aromatic rings. The van der Waals surface area contributed by atoms with Crippen molar-refractivity contribution in [2.45, 2.75) is 12.8 Å². The van der Waals surface area contributed by atoms with E-state index in [0.717, 1.165) is 22.6 Å². The molecule has 0 radical (unpaired) electrons. The fourth-order valence-corrected chi connectivity index (χ4v) is 3.04. The molecule has 4 rings (SSSR count). The van der Waals surface area contributed by atoms with Crippen molar-refractivity contribution < 1.29 is 14.0 Å². The van der Waals surface area contributed by atoms with E-state index in [9.17, 15) is 4.79 Å². The number of oxazole rings is 1. The highest BCUT2D eigenvalue weighted by molar-refractivity contribution is 5.84. The highest BCUT2D eigenvalue weighted by Crippen LogP contribution is 2.32. The molecule has 0 fully saturated rings. The maximum atomic E-state index is 11.7. The van der Waals surface area contributed by atoms with Gasteiger partial charge >= 0.3 is 6.09 Å². The Morgan fingerprint density at radius 1 is 0.903 bits per heavy atom. The number of benzene rings is 3. The Morgan fingerprint density at radius 3 is 2.19 bits per heavy atom. The highest BCUT2D eigenvalue weighted by atomic mass is 16.7. The molecule has 0 aliphatic rings. The molecular formula is C25H21N3O3. The molecule has 1 aromatic heterocycles. The Labute approximate surface area is 180 Å². The molecule has 0 unspecified atom stereocenters. The third-order valence-electron chi connectivity index (χ3n) is 4.47. The van der Waals surface area contributed by atoms with Crippen molar-refractivity contribution >= 4 is 18.0 Å². The van der Waals surface area contributed by atoms with Gasteiger partial charge in [-0.05, 0) is 18.6 Å². The summed E-state index contributed by atoms with van der Waals surface area (Å²) in [5.74, 6) is 1.33. The van der Waals surface area contributed by atoms with E-state index in [1.54, 1.807) is 12.1 Å². The lowest BCUT2D eigenvalue weighted by atomic mass is 10.1. The second-order valence-electron chi connectivity index (χ2n) is 6.71. The molecule has 0 aliphatic carbocycles. The summed E-state index contributed by atoms with van der Waals surface area (Å²) >= 11 is 0. The van der Waals surface area contributed by atoms with Crippen LogP contribution in [0.25, 0.3) is 22.6 Å². The molecule has 1 amide bonds.